The predicted octanol–water partition coefficient (Wildman–Crippen LogP) is 2.59. The van der Waals surface area contributed by atoms with E-state index in [-0.39, 0.29) is 6.42 Å². The van der Waals surface area contributed by atoms with E-state index in [4.69, 9.17) is 0 Å². The quantitative estimate of drug-likeness (QED) is 0.904. The highest BCUT2D eigenvalue weighted by Crippen LogP contribution is 2.49. The summed E-state index contributed by atoms with van der Waals surface area (Å²) in [5, 5.41) is 0. The number of hydrogen-bond donors (Lipinski definition) is 1. The second kappa shape index (κ2) is 4.15. The molecular formula is C13H13F2N3. The Kier molecular flexibility index (Phi) is 2.61. The Bertz CT molecular complexity index is 536. The van der Waals surface area contributed by atoms with Crippen LogP contribution in [0.25, 0.3) is 0 Å². The van der Waals surface area contributed by atoms with Gasteiger partial charge in [-0.3, -0.25) is 4.98 Å². The summed E-state index contributed by atoms with van der Waals surface area (Å²) < 4.78 is 25.6. The molecule has 0 amide bonds. The molecule has 5 heteroatoms. The van der Waals surface area contributed by atoms with Crippen molar-refractivity contribution in [1.82, 2.24) is 15.0 Å². The van der Waals surface area contributed by atoms with Gasteiger partial charge < -0.3 is 4.98 Å². The topological polar surface area (TPSA) is 41.6 Å². The summed E-state index contributed by atoms with van der Waals surface area (Å²) in [6, 6.07) is 3.85. The molecule has 0 bridgehead atoms. The van der Waals surface area contributed by atoms with Gasteiger partial charge in [0.1, 0.15) is 5.82 Å². The van der Waals surface area contributed by atoms with Gasteiger partial charge in [0, 0.05) is 49.5 Å². The average molecular weight is 249 g/mol. The molecule has 0 unspecified atom stereocenters. The molecule has 0 aliphatic heterocycles. The Labute approximate surface area is 103 Å². The van der Waals surface area contributed by atoms with Crippen molar-refractivity contribution in [3.05, 3.63) is 47.8 Å². The summed E-state index contributed by atoms with van der Waals surface area (Å²) in [5.41, 5.74) is 2.07. The Morgan fingerprint density at radius 3 is 2.72 bits per heavy atom. The van der Waals surface area contributed by atoms with Crippen molar-refractivity contribution in [2.24, 2.45) is 5.92 Å². The lowest BCUT2D eigenvalue weighted by Gasteiger charge is -1.98. The number of imidazole rings is 1. The fraction of sp³-hybridized carbons (Fsp3) is 0.385. The molecular weight excluding hydrogens is 236 g/mol. The minimum atomic E-state index is -2.47. The SMILES string of the molecule is FC1(F)C[C@@H]1Cc1ncc(Cc2ccncc2)[nH]1. The molecule has 94 valence electrons. The maximum atomic E-state index is 12.8. The molecule has 2 heterocycles. The number of hydrogen-bond acceptors (Lipinski definition) is 2. The van der Waals surface area contributed by atoms with Crippen molar-refractivity contribution in [2.75, 3.05) is 0 Å². The van der Waals surface area contributed by atoms with Gasteiger partial charge in [-0.15, -0.1) is 0 Å². The Morgan fingerprint density at radius 2 is 2.06 bits per heavy atom. The molecule has 1 N–H and O–H groups in total. The smallest absolute Gasteiger partial charge is 0.252 e. The Morgan fingerprint density at radius 1 is 1.33 bits per heavy atom. The van der Waals surface area contributed by atoms with Crippen molar-refractivity contribution in [2.45, 2.75) is 25.2 Å². The molecule has 1 atom stereocenters. The summed E-state index contributed by atoms with van der Waals surface area (Å²) in [6.07, 6.45) is 6.23. The van der Waals surface area contributed by atoms with Crippen LogP contribution in [0.2, 0.25) is 0 Å². The molecule has 3 rings (SSSR count). The number of H-pyrrole nitrogens is 1. The molecule has 3 nitrogen and oxygen atoms in total. The summed E-state index contributed by atoms with van der Waals surface area (Å²) in [7, 11) is 0. The number of nitrogens with one attached hydrogen (secondary N) is 1. The fourth-order valence-electron chi connectivity index (χ4n) is 2.04. The summed E-state index contributed by atoms with van der Waals surface area (Å²) in [4.78, 5) is 11.2. The standard InChI is InChI=1S/C13H13F2N3/c14-13(15)7-10(13)6-12-17-8-11(18-12)5-9-1-3-16-4-2-9/h1-4,8,10H,5-7H2,(H,17,18)/t10-/m0/s1. The Balaban J connectivity index is 1.63. The van der Waals surface area contributed by atoms with Crippen LogP contribution in [-0.2, 0) is 12.8 Å². The van der Waals surface area contributed by atoms with Crippen molar-refractivity contribution in [3.8, 4) is 0 Å². The van der Waals surface area contributed by atoms with E-state index in [9.17, 15) is 8.78 Å². The van der Waals surface area contributed by atoms with E-state index in [0.717, 1.165) is 17.7 Å². The lowest BCUT2D eigenvalue weighted by molar-refractivity contribution is 0.0985. The van der Waals surface area contributed by atoms with Gasteiger partial charge >= 0.3 is 0 Å². The third kappa shape index (κ3) is 2.39. The van der Waals surface area contributed by atoms with Crippen LogP contribution in [0, 0.1) is 5.92 Å². The van der Waals surface area contributed by atoms with E-state index in [1.807, 2.05) is 12.1 Å². The monoisotopic (exact) mass is 249 g/mol. The van der Waals surface area contributed by atoms with Crippen LogP contribution in [0.3, 0.4) is 0 Å². The van der Waals surface area contributed by atoms with Gasteiger partial charge in [-0.25, -0.2) is 13.8 Å². The molecule has 1 aliphatic carbocycles. The molecule has 0 radical (unpaired) electrons. The van der Waals surface area contributed by atoms with E-state index in [0.29, 0.717) is 12.2 Å². The van der Waals surface area contributed by atoms with Gasteiger partial charge in [0.2, 0.25) is 0 Å². The molecule has 1 aliphatic rings. The predicted molar refractivity (Wildman–Crippen MR) is 62.4 cm³/mol. The number of pyridine rings is 1. The molecule has 1 fully saturated rings. The minimum Gasteiger partial charge on any atom is -0.346 e. The zero-order valence-corrected chi connectivity index (χ0v) is 9.74. The van der Waals surface area contributed by atoms with Crippen LogP contribution >= 0.6 is 0 Å². The maximum Gasteiger partial charge on any atom is 0.252 e. The van der Waals surface area contributed by atoms with Crippen LogP contribution in [0.5, 0.6) is 0 Å². The van der Waals surface area contributed by atoms with Gasteiger partial charge in [0.15, 0.2) is 0 Å². The second-order valence-corrected chi connectivity index (χ2v) is 4.75. The number of alkyl halides is 2. The van der Waals surface area contributed by atoms with E-state index >= 15 is 0 Å². The highest BCUT2D eigenvalue weighted by Gasteiger charge is 2.56. The van der Waals surface area contributed by atoms with Crippen LogP contribution in [-0.4, -0.2) is 20.9 Å². The number of aromatic nitrogens is 3. The Hall–Kier alpha value is -1.78. The lowest BCUT2D eigenvalue weighted by atomic mass is 10.1. The first-order valence-electron chi connectivity index (χ1n) is 5.93. The molecule has 1 saturated carbocycles. The third-order valence-corrected chi connectivity index (χ3v) is 3.22. The van der Waals surface area contributed by atoms with Gasteiger partial charge in [-0.1, -0.05) is 0 Å². The summed E-state index contributed by atoms with van der Waals surface area (Å²) in [6.45, 7) is 0. The molecule has 18 heavy (non-hydrogen) atoms. The van der Waals surface area contributed by atoms with Crippen molar-refractivity contribution in [1.29, 1.82) is 0 Å². The maximum absolute atomic E-state index is 12.8. The van der Waals surface area contributed by atoms with Gasteiger partial charge in [0.25, 0.3) is 5.92 Å². The number of aromatic amines is 1. The van der Waals surface area contributed by atoms with E-state index in [2.05, 4.69) is 15.0 Å². The number of nitrogens with zero attached hydrogens (tertiary/aromatic N) is 2. The van der Waals surface area contributed by atoms with Crippen molar-refractivity contribution >= 4 is 0 Å². The zero-order chi connectivity index (χ0) is 12.6. The van der Waals surface area contributed by atoms with E-state index < -0.39 is 11.8 Å². The summed E-state index contributed by atoms with van der Waals surface area (Å²) in [5.74, 6) is -2.35. The lowest BCUT2D eigenvalue weighted by Crippen LogP contribution is -1.99. The van der Waals surface area contributed by atoms with E-state index in [1.165, 1.54) is 0 Å². The fourth-order valence-corrected chi connectivity index (χ4v) is 2.04. The first-order chi connectivity index (χ1) is 8.63. The highest BCUT2D eigenvalue weighted by atomic mass is 19.3. The molecule has 0 spiro atoms. The van der Waals surface area contributed by atoms with Gasteiger partial charge in [0.05, 0.1) is 0 Å². The molecule has 0 aromatic carbocycles. The van der Waals surface area contributed by atoms with E-state index in [1.54, 1.807) is 18.6 Å². The second-order valence-electron chi connectivity index (χ2n) is 4.75. The molecule has 0 saturated heterocycles. The average Bonchev–Trinajstić information content (AvgIpc) is 2.73. The van der Waals surface area contributed by atoms with Crippen LogP contribution in [0.15, 0.2) is 30.7 Å². The summed E-state index contributed by atoms with van der Waals surface area (Å²) >= 11 is 0. The van der Waals surface area contributed by atoms with Crippen molar-refractivity contribution < 1.29 is 8.78 Å². The molecule has 2 aromatic heterocycles. The molecule has 2 aromatic rings. The van der Waals surface area contributed by atoms with Crippen molar-refractivity contribution in [3.63, 3.8) is 0 Å². The van der Waals surface area contributed by atoms with Crippen LogP contribution < -0.4 is 0 Å². The van der Waals surface area contributed by atoms with Crippen LogP contribution in [0.1, 0.15) is 23.5 Å². The number of rotatable bonds is 4. The first kappa shape index (κ1) is 11.3. The highest BCUT2D eigenvalue weighted by molar-refractivity contribution is 5.18. The third-order valence-electron chi connectivity index (χ3n) is 3.22. The zero-order valence-electron chi connectivity index (χ0n) is 9.74. The van der Waals surface area contributed by atoms with Gasteiger partial charge in [-0.05, 0) is 17.7 Å². The minimum absolute atomic E-state index is 0.00656. The van der Waals surface area contributed by atoms with Crippen LogP contribution in [0.4, 0.5) is 8.78 Å². The van der Waals surface area contributed by atoms with Gasteiger partial charge in [-0.2, -0.15) is 0 Å². The largest absolute Gasteiger partial charge is 0.346 e. The normalized spacial score (nSPS) is 20.9. The number of halogens is 2. The first-order valence-corrected chi connectivity index (χ1v) is 5.93.